The number of benzene rings is 1. The van der Waals surface area contributed by atoms with Crippen molar-refractivity contribution in [1.29, 1.82) is 0 Å². The molecule has 1 heterocycles. The summed E-state index contributed by atoms with van der Waals surface area (Å²) in [7, 11) is 0. The van der Waals surface area contributed by atoms with Crippen LogP contribution in [0.5, 0.6) is 0 Å². The van der Waals surface area contributed by atoms with Crippen LogP contribution in [0.3, 0.4) is 0 Å². The smallest absolute Gasteiger partial charge is 0.109 e. The van der Waals surface area contributed by atoms with Crippen LogP contribution in [-0.2, 0) is 13.0 Å². The summed E-state index contributed by atoms with van der Waals surface area (Å²) >= 11 is 0. The molecule has 0 saturated carbocycles. The lowest BCUT2D eigenvalue weighted by Gasteiger charge is -2.10. The molecular weight excluding hydrogens is 284 g/mol. The highest BCUT2D eigenvalue weighted by atomic mass is 16.2. The van der Waals surface area contributed by atoms with E-state index < -0.39 is 0 Å². The van der Waals surface area contributed by atoms with Gasteiger partial charge in [0.05, 0.1) is 11.0 Å². The number of aliphatic hydroxyl groups excluding tert-OH is 1. The van der Waals surface area contributed by atoms with Gasteiger partial charge in [0.1, 0.15) is 5.82 Å². The fourth-order valence-corrected chi connectivity index (χ4v) is 3.16. The van der Waals surface area contributed by atoms with Crippen molar-refractivity contribution in [3.8, 4) is 0 Å². The zero-order chi connectivity index (χ0) is 16.7. The highest BCUT2D eigenvalue weighted by molar-refractivity contribution is 5.78. The number of imidazole rings is 1. The number of aryl methyl sites for hydroxylation is 4. The Kier molecular flexibility index (Phi) is 7.10. The molecule has 2 aromatic rings. The maximum Gasteiger partial charge on any atom is 0.109 e. The molecule has 0 aliphatic heterocycles. The summed E-state index contributed by atoms with van der Waals surface area (Å²) < 4.78 is 2.39. The average molecular weight is 316 g/mol. The number of aliphatic hydroxyl groups is 1. The van der Waals surface area contributed by atoms with Crippen LogP contribution in [0.2, 0.25) is 0 Å². The third-order valence-electron chi connectivity index (χ3n) is 4.74. The second kappa shape index (κ2) is 9.07. The largest absolute Gasteiger partial charge is 0.396 e. The van der Waals surface area contributed by atoms with Gasteiger partial charge in [-0.1, -0.05) is 39.0 Å². The fraction of sp³-hybridized carbons (Fsp3) is 0.650. The van der Waals surface area contributed by atoms with Crippen LogP contribution in [0.15, 0.2) is 12.1 Å². The number of hydrogen-bond donors (Lipinski definition) is 1. The predicted molar refractivity (Wildman–Crippen MR) is 98.0 cm³/mol. The standard InChI is InChI=1S/C20H32N2O/c1-4-5-6-7-8-9-12-22-19-15-17(3)16(2)14-18(19)21-20(22)11-10-13-23/h14-15,23H,4-13H2,1-3H3. The Labute approximate surface area is 140 Å². The molecular formula is C20H32N2O. The van der Waals surface area contributed by atoms with Gasteiger partial charge in [0.2, 0.25) is 0 Å². The zero-order valence-corrected chi connectivity index (χ0v) is 15.1. The normalized spacial score (nSPS) is 11.5. The molecule has 0 radical (unpaired) electrons. The van der Waals surface area contributed by atoms with Gasteiger partial charge in [-0.3, -0.25) is 0 Å². The molecule has 1 aromatic heterocycles. The summed E-state index contributed by atoms with van der Waals surface area (Å²) in [6.07, 6.45) is 9.51. The molecule has 0 aliphatic rings. The summed E-state index contributed by atoms with van der Waals surface area (Å²) in [5, 5.41) is 9.14. The maximum atomic E-state index is 9.14. The zero-order valence-electron chi connectivity index (χ0n) is 15.1. The Morgan fingerprint density at radius 3 is 2.39 bits per heavy atom. The van der Waals surface area contributed by atoms with E-state index in [1.165, 1.54) is 55.2 Å². The van der Waals surface area contributed by atoms with Gasteiger partial charge in [-0.2, -0.15) is 0 Å². The van der Waals surface area contributed by atoms with Crippen molar-refractivity contribution in [2.45, 2.75) is 78.7 Å². The van der Waals surface area contributed by atoms with E-state index in [9.17, 15) is 0 Å². The van der Waals surface area contributed by atoms with Crippen LogP contribution in [0.1, 0.15) is 68.8 Å². The fourth-order valence-electron chi connectivity index (χ4n) is 3.16. The van der Waals surface area contributed by atoms with Gasteiger partial charge in [0, 0.05) is 19.6 Å². The number of unbranched alkanes of at least 4 members (excludes halogenated alkanes) is 5. The van der Waals surface area contributed by atoms with Gasteiger partial charge in [-0.05, 0) is 49.9 Å². The van der Waals surface area contributed by atoms with Gasteiger partial charge in [-0.15, -0.1) is 0 Å². The molecule has 2 rings (SSSR count). The second-order valence-electron chi connectivity index (χ2n) is 6.70. The van der Waals surface area contributed by atoms with Crippen molar-refractivity contribution >= 4 is 11.0 Å². The minimum atomic E-state index is 0.234. The Morgan fingerprint density at radius 2 is 1.65 bits per heavy atom. The van der Waals surface area contributed by atoms with Gasteiger partial charge in [-0.25, -0.2) is 4.98 Å². The number of nitrogens with zero attached hydrogens (tertiary/aromatic N) is 2. The lowest BCUT2D eigenvalue weighted by Crippen LogP contribution is -2.05. The molecule has 0 bridgehead atoms. The summed E-state index contributed by atoms with van der Waals surface area (Å²) in [4.78, 5) is 4.83. The number of aromatic nitrogens is 2. The quantitative estimate of drug-likeness (QED) is 0.631. The van der Waals surface area contributed by atoms with Crippen molar-refractivity contribution < 1.29 is 5.11 Å². The first-order valence-electron chi connectivity index (χ1n) is 9.24. The van der Waals surface area contributed by atoms with Gasteiger partial charge >= 0.3 is 0 Å². The highest BCUT2D eigenvalue weighted by Crippen LogP contribution is 2.22. The highest BCUT2D eigenvalue weighted by Gasteiger charge is 2.11. The number of hydrogen-bond acceptors (Lipinski definition) is 2. The lowest BCUT2D eigenvalue weighted by molar-refractivity contribution is 0.287. The predicted octanol–water partition coefficient (Wildman–Crippen LogP) is 4.94. The van der Waals surface area contributed by atoms with E-state index in [2.05, 4.69) is 37.5 Å². The molecule has 1 N–H and O–H groups in total. The van der Waals surface area contributed by atoms with Crippen molar-refractivity contribution in [3.05, 3.63) is 29.1 Å². The molecule has 3 heteroatoms. The van der Waals surface area contributed by atoms with Gasteiger partial charge in [0.25, 0.3) is 0 Å². The van der Waals surface area contributed by atoms with Crippen LogP contribution < -0.4 is 0 Å². The van der Waals surface area contributed by atoms with E-state index in [1.54, 1.807) is 0 Å². The van der Waals surface area contributed by atoms with Crippen molar-refractivity contribution in [2.75, 3.05) is 6.61 Å². The summed E-state index contributed by atoms with van der Waals surface area (Å²) in [5.74, 6) is 1.13. The van der Waals surface area contributed by atoms with Crippen LogP contribution in [0.4, 0.5) is 0 Å². The van der Waals surface area contributed by atoms with Crippen LogP contribution in [0, 0.1) is 13.8 Å². The van der Waals surface area contributed by atoms with E-state index >= 15 is 0 Å². The summed E-state index contributed by atoms with van der Waals surface area (Å²) in [6, 6.07) is 4.47. The molecule has 0 fully saturated rings. The van der Waals surface area contributed by atoms with Gasteiger partial charge in [0.15, 0.2) is 0 Å². The maximum absolute atomic E-state index is 9.14. The van der Waals surface area contributed by atoms with E-state index in [4.69, 9.17) is 10.1 Å². The molecule has 1 aromatic carbocycles. The van der Waals surface area contributed by atoms with Crippen molar-refractivity contribution in [1.82, 2.24) is 9.55 Å². The Morgan fingerprint density at radius 1 is 0.957 bits per heavy atom. The first-order valence-corrected chi connectivity index (χ1v) is 9.24. The summed E-state index contributed by atoms with van der Waals surface area (Å²) in [5.41, 5.74) is 4.99. The minimum absolute atomic E-state index is 0.234. The van der Waals surface area contributed by atoms with E-state index in [0.29, 0.717) is 0 Å². The molecule has 0 aliphatic carbocycles. The summed E-state index contributed by atoms with van der Waals surface area (Å²) in [6.45, 7) is 7.86. The molecule has 23 heavy (non-hydrogen) atoms. The second-order valence-corrected chi connectivity index (χ2v) is 6.70. The molecule has 3 nitrogen and oxygen atoms in total. The van der Waals surface area contributed by atoms with Crippen LogP contribution in [0.25, 0.3) is 11.0 Å². The average Bonchev–Trinajstić information content (AvgIpc) is 2.86. The van der Waals surface area contributed by atoms with Crippen molar-refractivity contribution in [3.63, 3.8) is 0 Å². The third kappa shape index (κ3) is 4.81. The molecule has 0 atom stereocenters. The van der Waals surface area contributed by atoms with Crippen LogP contribution in [-0.4, -0.2) is 21.3 Å². The van der Waals surface area contributed by atoms with E-state index in [0.717, 1.165) is 30.7 Å². The molecule has 0 amide bonds. The topological polar surface area (TPSA) is 38.0 Å². The molecule has 0 unspecified atom stereocenters. The SMILES string of the molecule is CCCCCCCCn1c(CCCO)nc2cc(C)c(C)cc21. The minimum Gasteiger partial charge on any atom is -0.396 e. The third-order valence-corrected chi connectivity index (χ3v) is 4.74. The Hall–Kier alpha value is -1.35. The van der Waals surface area contributed by atoms with E-state index in [-0.39, 0.29) is 6.61 Å². The van der Waals surface area contributed by atoms with Gasteiger partial charge < -0.3 is 9.67 Å². The lowest BCUT2D eigenvalue weighted by atomic mass is 10.1. The first kappa shape index (κ1) is 18.0. The molecule has 128 valence electrons. The molecule has 0 saturated heterocycles. The molecule has 0 spiro atoms. The first-order chi connectivity index (χ1) is 11.2. The Bertz CT molecular complexity index is 616. The van der Waals surface area contributed by atoms with E-state index in [1.807, 2.05) is 0 Å². The monoisotopic (exact) mass is 316 g/mol. The number of fused-ring (bicyclic) bond motifs is 1. The Balaban J connectivity index is 2.12. The number of rotatable bonds is 10. The van der Waals surface area contributed by atoms with Crippen LogP contribution >= 0.6 is 0 Å². The van der Waals surface area contributed by atoms with Crippen molar-refractivity contribution in [2.24, 2.45) is 0 Å².